The Kier molecular flexibility index (Phi) is 2.56. The Bertz CT molecular complexity index is 821. The van der Waals surface area contributed by atoms with Crippen LogP contribution < -0.4 is 5.56 Å². The van der Waals surface area contributed by atoms with Crippen molar-refractivity contribution in [3.8, 4) is 17.2 Å². The number of aromatic hydroxyl groups is 1. The first-order valence-electron chi connectivity index (χ1n) is 5.85. The van der Waals surface area contributed by atoms with E-state index in [0.29, 0.717) is 16.5 Å². The number of phenolic OH excluding ortho intramolecular Hbond substituents is 1. The zero-order valence-corrected chi connectivity index (χ0v) is 10.3. The van der Waals surface area contributed by atoms with Crippen molar-refractivity contribution >= 4 is 11.0 Å². The molecule has 0 aliphatic rings. The summed E-state index contributed by atoms with van der Waals surface area (Å²) in [4.78, 5) is 15.8. The molecule has 1 N–H and O–H groups in total. The van der Waals surface area contributed by atoms with Crippen LogP contribution in [0.15, 0.2) is 51.7 Å². The van der Waals surface area contributed by atoms with Crippen molar-refractivity contribution in [1.82, 2.24) is 4.98 Å². The lowest BCUT2D eigenvalue weighted by Crippen LogP contribution is -2.07. The number of nitrogens with zero attached hydrogens (tertiary/aromatic N) is 1. The first-order chi connectivity index (χ1) is 9.15. The van der Waals surface area contributed by atoms with Crippen molar-refractivity contribution in [1.29, 1.82) is 0 Å². The van der Waals surface area contributed by atoms with Crippen molar-refractivity contribution in [3.63, 3.8) is 0 Å². The van der Waals surface area contributed by atoms with Gasteiger partial charge < -0.3 is 9.52 Å². The maximum atomic E-state index is 11.9. The first-order valence-corrected chi connectivity index (χ1v) is 5.85. The maximum absolute atomic E-state index is 11.9. The molecule has 1 heterocycles. The number of hydrogen-bond acceptors (Lipinski definition) is 4. The molecule has 2 aromatic carbocycles. The molecule has 0 bridgehead atoms. The Hall–Kier alpha value is -2.62. The second-order valence-corrected chi connectivity index (χ2v) is 4.34. The summed E-state index contributed by atoms with van der Waals surface area (Å²) in [6.07, 6.45) is 0. The molecule has 0 aliphatic carbocycles. The Morgan fingerprint density at radius 3 is 2.79 bits per heavy atom. The van der Waals surface area contributed by atoms with E-state index in [9.17, 15) is 9.90 Å². The maximum Gasteiger partial charge on any atom is 0.284 e. The van der Waals surface area contributed by atoms with Crippen molar-refractivity contribution in [2.45, 2.75) is 6.92 Å². The van der Waals surface area contributed by atoms with Crippen molar-refractivity contribution < 1.29 is 9.52 Å². The molecule has 0 spiro atoms. The van der Waals surface area contributed by atoms with E-state index in [1.54, 1.807) is 42.5 Å². The Morgan fingerprint density at radius 1 is 1.16 bits per heavy atom. The van der Waals surface area contributed by atoms with E-state index >= 15 is 0 Å². The van der Waals surface area contributed by atoms with Crippen LogP contribution in [0.1, 0.15) is 5.56 Å². The highest BCUT2D eigenvalue weighted by atomic mass is 16.3. The molecule has 1 aromatic heterocycles. The molecule has 19 heavy (non-hydrogen) atoms. The van der Waals surface area contributed by atoms with Gasteiger partial charge in [-0.1, -0.05) is 23.8 Å². The molecule has 0 radical (unpaired) electrons. The van der Waals surface area contributed by atoms with Gasteiger partial charge >= 0.3 is 0 Å². The summed E-state index contributed by atoms with van der Waals surface area (Å²) >= 11 is 0. The molecule has 4 heteroatoms. The molecular formula is C15H11NO3. The van der Waals surface area contributed by atoms with Crippen LogP contribution in [0.5, 0.6) is 5.75 Å². The summed E-state index contributed by atoms with van der Waals surface area (Å²) in [6, 6.07) is 12.0. The summed E-state index contributed by atoms with van der Waals surface area (Å²) in [7, 11) is 0. The SMILES string of the molecule is Cc1ccc(O)c(-c2nc(=O)c3ccccc3o2)c1. The quantitative estimate of drug-likeness (QED) is 0.724. The molecule has 0 unspecified atom stereocenters. The average molecular weight is 253 g/mol. The van der Waals surface area contributed by atoms with Crippen LogP contribution in [0.4, 0.5) is 0 Å². The summed E-state index contributed by atoms with van der Waals surface area (Å²) in [5.41, 5.74) is 1.46. The second-order valence-electron chi connectivity index (χ2n) is 4.34. The second kappa shape index (κ2) is 4.24. The van der Waals surface area contributed by atoms with Crippen LogP contribution >= 0.6 is 0 Å². The summed E-state index contributed by atoms with van der Waals surface area (Å²) in [5.74, 6) is 0.168. The van der Waals surface area contributed by atoms with E-state index < -0.39 is 0 Å². The number of aromatic nitrogens is 1. The monoisotopic (exact) mass is 253 g/mol. The van der Waals surface area contributed by atoms with Gasteiger partial charge in [0.1, 0.15) is 11.3 Å². The van der Waals surface area contributed by atoms with Gasteiger partial charge in [-0.05, 0) is 31.2 Å². The Labute approximate surface area is 109 Å². The number of hydrogen-bond donors (Lipinski definition) is 1. The number of fused-ring (bicyclic) bond motifs is 1. The number of phenols is 1. The number of rotatable bonds is 1. The summed E-state index contributed by atoms with van der Waals surface area (Å²) in [5, 5.41) is 10.3. The van der Waals surface area contributed by atoms with Gasteiger partial charge in [-0.3, -0.25) is 4.79 Å². The van der Waals surface area contributed by atoms with Crippen LogP contribution in [0, 0.1) is 6.92 Å². The van der Waals surface area contributed by atoms with Crippen molar-refractivity contribution in [3.05, 3.63) is 58.4 Å². The largest absolute Gasteiger partial charge is 0.507 e. The molecule has 0 saturated heterocycles. The highest BCUT2D eigenvalue weighted by Gasteiger charge is 2.12. The lowest BCUT2D eigenvalue weighted by molar-refractivity contribution is 0.473. The molecular weight excluding hydrogens is 242 g/mol. The van der Waals surface area contributed by atoms with Crippen LogP contribution in [-0.2, 0) is 0 Å². The molecule has 0 amide bonds. The van der Waals surface area contributed by atoms with Gasteiger partial charge in [0.05, 0.1) is 10.9 Å². The minimum atomic E-state index is -0.363. The first kappa shape index (κ1) is 11.5. The van der Waals surface area contributed by atoms with Crippen molar-refractivity contribution in [2.24, 2.45) is 0 Å². The zero-order chi connectivity index (χ0) is 13.4. The van der Waals surface area contributed by atoms with Crippen LogP contribution in [0.25, 0.3) is 22.4 Å². The van der Waals surface area contributed by atoms with Gasteiger partial charge in [-0.2, -0.15) is 4.98 Å². The number of benzene rings is 2. The lowest BCUT2D eigenvalue weighted by atomic mass is 10.1. The molecule has 0 fully saturated rings. The van der Waals surface area contributed by atoms with Gasteiger partial charge in [-0.15, -0.1) is 0 Å². The minimum absolute atomic E-state index is 0.0385. The van der Waals surface area contributed by atoms with Crippen LogP contribution in [0.2, 0.25) is 0 Å². The normalized spacial score (nSPS) is 10.8. The third-order valence-electron chi connectivity index (χ3n) is 2.91. The third-order valence-corrected chi connectivity index (χ3v) is 2.91. The lowest BCUT2D eigenvalue weighted by Gasteiger charge is -2.05. The predicted molar refractivity (Wildman–Crippen MR) is 72.1 cm³/mol. The molecule has 94 valence electrons. The fourth-order valence-electron chi connectivity index (χ4n) is 1.95. The van der Waals surface area contributed by atoms with E-state index in [4.69, 9.17) is 4.42 Å². The number of aryl methyl sites for hydroxylation is 1. The van der Waals surface area contributed by atoms with E-state index in [1.807, 2.05) is 6.92 Å². The van der Waals surface area contributed by atoms with Gasteiger partial charge in [-0.25, -0.2) is 0 Å². The molecule has 4 nitrogen and oxygen atoms in total. The third kappa shape index (κ3) is 1.97. The molecule has 0 saturated carbocycles. The van der Waals surface area contributed by atoms with Crippen molar-refractivity contribution in [2.75, 3.05) is 0 Å². The van der Waals surface area contributed by atoms with E-state index in [-0.39, 0.29) is 17.2 Å². The topological polar surface area (TPSA) is 63.3 Å². The summed E-state index contributed by atoms with van der Waals surface area (Å²) in [6.45, 7) is 1.89. The van der Waals surface area contributed by atoms with Crippen LogP contribution in [-0.4, -0.2) is 10.1 Å². The Balaban J connectivity index is 2.31. The zero-order valence-electron chi connectivity index (χ0n) is 10.3. The van der Waals surface area contributed by atoms with Gasteiger partial charge in [0.2, 0.25) is 5.89 Å². The Morgan fingerprint density at radius 2 is 1.95 bits per heavy atom. The smallest absolute Gasteiger partial charge is 0.284 e. The number of para-hydroxylation sites is 1. The molecule has 3 aromatic rings. The van der Waals surface area contributed by atoms with Gasteiger partial charge in [0, 0.05) is 0 Å². The fraction of sp³-hybridized carbons (Fsp3) is 0.0667. The van der Waals surface area contributed by atoms with Gasteiger partial charge in [0.15, 0.2) is 0 Å². The summed E-state index contributed by atoms with van der Waals surface area (Å²) < 4.78 is 5.59. The average Bonchev–Trinajstić information content (AvgIpc) is 2.41. The van der Waals surface area contributed by atoms with E-state index in [0.717, 1.165) is 5.56 Å². The molecule has 3 rings (SSSR count). The highest BCUT2D eigenvalue weighted by Crippen LogP contribution is 2.29. The van der Waals surface area contributed by atoms with Crippen LogP contribution in [0.3, 0.4) is 0 Å². The molecule has 0 aliphatic heterocycles. The highest BCUT2D eigenvalue weighted by molar-refractivity contribution is 5.77. The fourth-order valence-corrected chi connectivity index (χ4v) is 1.95. The van der Waals surface area contributed by atoms with E-state index in [2.05, 4.69) is 4.98 Å². The van der Waals surface area contributed by atoms with E-state index in [1.165, 1.54) is 0 Å². The molecule has 0 atom stereocenters. The predicted octanol–water partition coefficient (Wildman–Crippen LogP) is 2.87. The minimum Gasteiger partial charge on any atom is -0.507 e. The van der Waals surface area contributed by atoms with Gasteiger partial charge in [0.25, 0.3) is 5.56 Å². The standard InChI is InChI=1S/C15H11NO3/c1-9-6-7-12(17)11(8-9)15-16-14(18)10-4-2-3-5-13(10)19-15/h2-8,17H,1H3.